The average Bonchev–Trinajstić information content (AvgIpc) is 2.65. The van der Waals surface area contributed by atoms with Gasteiger partial charge in [0, 0.05) is 24.7 Å². The SMILES string of the molecule is C=CC(=O)NCc1ccc(C(=O)N2CCCc3cc(F)cc(F)c32)cc1. The number of hydrogen-bond donors (Lipinski definition) is 1. The lowest BCUT2D eigenvalue weighted by Gasteiger charge is -2.30. The molecule has 1 heterocycles. The van der Waals surface area contributed by atoms with Crippen molar-refractivity contribution >= 4 is 17.5 Å². The summed E-state index contributed by atoms with van der Waals surface area (Å²) in [5, 5.41) is 2.65. The second kappa shape index (κ2) is 7.47. The summed E-state index contributed by atoms with van der Waals surface area (Å²) in [5.74, 6) is -1.98. The zero-order valence-electron chi connectivity index (χ0n) is 14.1. The van der Waals surface area contributed by atoms with Gasteiger partial charge in [0.1, 0.15) is 11.6 Å². The van der Waals surface area contributed by atoms with Crippen molar-refractivity contribution in [2.75, 3.05) is 11.4 Å². The summed E-state index contributed by atoms with van der Waals surface area (Å²) in [6.07, 6.45) is 2.37. The van der Waals surface area contributed by atoms with Crippen LogP contribution in [0.15, 0.2) is 49.1 Å². The standard InChI is InChI=1S/C20H18F2N2O2/c1-2-18(25)23-12-13-5-7-14(8-6-13)20(26)24-9-3-4-15-10-16(21)11-17(22)19(15)24/h2,5-8,10-11H,1,3-4,9,12H2,(H,23,25). The zero-order valence-corrected chi connectivity index (χ0v) is 14.1. The molecule has 1 aliphatic heterocycles. The third kappa shape index (κ3) is 3.64. The van der Waals surface area contributed by atoms with Gasteiger partial charge < -0.3 is 10.2 Å². The van der Waals surface area contributed by atoms with Crippen LogP contribution >= 0.6 is 0 Å². The Morgan fingerprint density at radius 2 is 1.92 bits per heavy atom. The van der Waals surface area contributed by atoms with Crippen LogP contribution in [0.4, 0.5) is 14.5 Å². The van der Waals surface area contributed by atoms with Crippen molar-refractivity contribution in [2.45, 2.75) is 19.4 Å². The van der Waals surface area contributed by atoms with Crippen LogP contribution in [0.25, 0.3) is 0 Å². The molecule has 6 heteroatoms. The highest BCUT2D eigenvalue weighted by molar-refractivity contribution is 6.06. The van der Waals surface area contributed by atoms with Crippen LogP contribution in [-0.4, -0.2) is 18.4 Å². The molecule has 0 aromatic heterocycles. The number of halogens is 2. The molecule has 0 fully saturated rings. The van der Waals surface area contributed by atoms with Crippen LogP contribution in [0.1, 0.15) is 27.9 Å². The third-order valence-corrected chi connectivity index (χ3v) is 4.30. The highest BCUT2D eigenvalue weighted by atomic mass is 19.1. The summed E-state index contributed by atoms with van der Waals surface area (Å²) >= 11 is 0. The summed E-state index contributed by atoms with van der Waals surface area (Å²) in [6, 6.07) is 8.80. The van der Waals surface area contributed by atoms with E-state index in [2.05, 4.69) is 11.9 Å². The molecule has 0 saturated carbocycles. The summed E-state index contributed by atoms with van der Waals surface area (Å²) in [6.45, 7) is 4.08. The van der Waals surface area contributed by atoms with Crippen LogP contribution < -0.4 is 10.2 Å². The number of carbonyl (C=O) groups excluding carboxylic acids is 2. The second-order valence-corrected chi connectivity index (χ2v) is 6.07. The molecule has 1 aliphatic rings. The van der Waals surface area contributed by atoms with Crippen LogP contribution in [0.3, 0.4) is 0 Å². The molecule has 0 radical (unpaired) electrons. The molecular formula is C20H18F2N2O2. The molecule has 26 heavy (non-hydrogen) atoms. The van der Waals surface area contributed by atoms with Gasteiger partial charge in [-0.2, -0.15) is 0 Å². The van der Waals surface area contributed by atoms with E-state index in [1.807, 2.05) is 0 Å². The molecule has 0 saturated heterocycles. The average molecular weight is 356 g/mol. The molecule has 2 aromatic rings. The minimum absolute atomic E-state index is 0.157. The van der Waals surface area contributed by atoms with E-state index in [9.17, 15) is 18.4 Å². The number of nitrogens with one attached hydrogen (secondary N) is 1. The Bertz CT molecular complexity index is 863. The van der Waals surface area contributed by atoms with Crippen molar-refractivity contribution in [3.05, 3.63) is 77.4 Å². The molecule has 3 rings (SSSR count). The predicted molar refractivity (Wildman–Crippen MR) is 94.8 cm³/mol. The smallest absolute Gasteiger partial charge is 0.258 e. The van der Waals surface area contributed by atoms with Gasteiger partial charge in [0.15, 0.2) is 0 Å². The van der Waals surface area contributed by atoms with E-state index in [0.717, 1.165) is 11.6 Å². The molecule has 0 bridgehead atoms. The molecular weight excluding hydrogens is 338 g/mol. The number of carbonyl (C=O) groups is 2. The van der Waals surface area contributed by atoms with Crippen molar-refractivity contribution < 1.29 is 18.4 Å². The first-order chi connectivity index (χ1) is 12.5. The summed E-state index contributed by atoms with van der Waals surface area (Å²) in [4.78, 5) is 25.4. The minimum Gasteiger partial charge on any atom is -0.348 e. The second-order valence-electron chi connectivity index (χ2n) is 6.07. The molecule has 134 valence electrons. The van der Waals surface area contributed by atoms with Gasteiger partial charge in [0.25, 0.3) is 5.91 Å². The van der Waals surface area contributed by atoms with E-state index in [-0.39, 0.29) is 17.5 Å². The number of benzene rings is 2. The largest absolute Gasteiger partial charge is 0.348 e. The molecule has 2 aromatic carbocycles. The Balaban J connectivity index is 1.80. The number of fused-ring (bicyclic) bond motifs is 1. The number of nitrogens with zero attached hydrogens (tertiary/aromatic N) is 1. The Kier molecular flexibility index (Phi) is 5.11. The van der Waals surface area contributed by atoms with E-state index in [4.69, 9.17) is 0 Å². The summed E-state index contributed by atoms with van der Waals surface area (Å²) in [7, 11) is 0. The van der Waals surface area contributed by atoms with Crippen molar-refractivity contribution in [1.82, 2.24) is 5.32 Å². The first kappa shape index (κ1) is 17.8. The lowest BCUT2D eigenvalue weighted by molar-refractivity contribution is -0.116. The fraction of sp³-hybridized carbons (Fsp3) is 0.200. The Labute approximate surface area is 150 Å². The lowest BCUT2D eigenvalue weighted by atomic mass is 10.00. The Morgan fingerprint density at radius 1 is 1.19 bits per heavy atom. The molecule has 2 amide bonds. The van der Waals surface area contributed by atoms with Crippen LogP contribution in [0.2, 0.25) is 0 Å². The maximum absolute atomic E-state index is 14.2. The predicted octanol–water partition coefficient (Wildman–Crippen LogP) is 3.36. The highest BCUT2D eigenvalue weighted by Gasteiger charge is 2.27. The molecule has 0 atom stereocenters. The van der Waals surface area contributed by atoms with Gasteiger partial charge in [-0.1, -0.05) is 18.7 Å². The van der Waals surface area contributed by atoms with Crippen molar-refractivity contribution in [1.29, 1.82) is 0 Å². The van der Waals surface area contributed by atoms with E-state index < -0.39 is 11.6 Å². The van der Waals surface area contributed by atoms with Gasteiger partial charge >= 0.3 is 0 Å². The van der Waals surface area contributed by atoms with Gasteiger partial charge in [-0.3, -0.25) is 9.59 Å². The number of hydrogen-bond acceptors (Lipinski definition) is 2. The number of rotatable bonds is 4. The van der Waals surface area contributed by atoms with Crippen molar-refractivity contribution in [3.63, 3.8) is 0 Å². The monoisotopic (exact) mass is 356 g/mol. The first-order valence-electron chi connectivity index (χ1n) is 8.28. The van der Waals surface area contributed by atoms with Crippen LogP contribution in [0, 0.1) is 11.6 Å². The third-order valence-electron chi connectivity index (χ3n) is 4.30. The van der Waals surface area contributed by atoms with Crippen LogP contribution in [0.5, 0.6) is 0 Å². The van der Waals surface area contributed by atoms with Gasteiger partial charge in [-0.05, 0) is 48.2 Å². The van der Waals surface area contributed by atoms with Gasteiger partial charge in [0.05, 0.1) is 5.69 Å². The summed E-state index contributed by atoms with van der Waals surface area (Å²) in [5.41, 5.74) is 1.89. The van der Waals surface area contributed by atoms with E-state index in [1.165, 1.54) is 17.0 Å². The van der Waals surface area contributed by atoms with Crippen molar-refractivity contribution in [2.24, 2.45) is 0 Å². The Morgan fingerprint density at radius 3 is 2.62 bits per heavy atom. The fourth-order valence-electron chi connectivity index (χ4n) is 3.04. The molecule has 0 spiro atoms. The maximum atomic E-state index is 14.2. The summed E-state index contributed by atoms with van der Waals surface area (Å²) < 4.78 is 27.7. The lowest BCUT2D eigenvalue weighted by Crippen LogP contribution is -2.36. The van der Waals surface area contributed by atoms with E-state index in [1.54, 1.807) is 24.3 Å². The maximum Gasteiger partial charge on any atom is 0.258 e. The fourth-order valence-corrected chi connectivity index (χ4v) is 3.04. The quantitative estimate of drug-likeness (QED) is 0.854. The normalized spacial score (nSPS) is 13.1. The van der Waals surface area contributed by atoms with E-state index >= 15 is 0 Å². The van der Waals surface area contributed by atoms with Gasteiger partial charge in [0.2, 0.25) is 5.91 Å². The molecule has 4 nitrogen and oxygen atoms in total. The first-order valence-corrected chi connectivity index (χ1v) is 8.28. The van der Waals surface area contributed by atoms with Crippen molar-refractivity contribution in [3.8, 4) is 0 Å². The minimum atomic E-state index is -0.725. The topological polar surface area (TPSA) is 49.4 Å². The molecule has 1 N–H and O–H groups in total. The van der Waals surface area contributed by atoms with Gasteiger partial charge in [-0.25, -0.2) is 8.78 Å². The number of aryl methyl sites for hydroxylation is 1. The molecule has 0 aliphatic carbocycles. The van der Waals surface area contributed by atoms with Gasteiger partial charge in [-0.15, -0.1) is 0 Å². The Hall–Kier alpha value is -3.02. The zero-order chi connectivity index (χ0) is 18.7. The highest BCUT2D eigenvalue weighted by Crippen LogP contribution is 2.32. The van der Waals surface area contributed by atoms with Crippen LogP contribution in [-0.2, 0) is 17.8 Å². The molecule has 0 unspecified atom stereocenters. The number of anilines is 1. The number of amides is 2. The van der Waals surface area contributed by atoms with E-state index in [0.29, 0.717) is 37.1 Å².